The maximum atomic E-state index is 13.7. The van der Waals surface area contributed by atoms with E-state index in [1.54, 1.807) is 23.0 Å². The Morgan fingerprint density at radius 3 is 2.79 bits per heavy atom. The van der Waals surface area contributed by atoms with E-state index in [9.17, 15) is 4.79 Å². The van der Waals surface area contributed by atoms with E-state index in [4.69, 9.17) is 33.9 Å². The van der Waals surface area contributed by atoms with E-state index in [0.717, 1.165) is 56.7 Å². The first kappa shape index (κ1) is 22.7. The number of rotatable bonds is 4. The van der Waals surface area contributed by atoms with Gasteiger partial charge in [-0.1, -0.05) is 34.5 Å². The molecule has 2 aliphatic heterocycles. The minimum atomic E-state index is -0.0484. The number of nitrogens with zero attached hydrogens (tertiary/aromatic N) is 6. The van der Waals surface area contributed by atoms with Crippen LogP contribution >= 0.6 is 23.2 Å². The van der Waals surface area contributed by atoms with E-state index >= 15 is 0 Å². The number of aromatic nitrogens is 6. The van der Waals surface area contributed by atoms with E-state index in [0.29, 0.717) is 29.1 Å². The van der Waals surface area contributed by atoms with Crippen LogP contribution in [0.4, 0.5) is 5.82 Å². The zero-order chi connectivity index (χ0) is 26.4. The fourth-order valence-electron chi connectivity index (χ4n) is 6.18. The van der Waals surface area contributed by atoms with Crippen molar-refractivity contribution in [2.45, 2.75) is 24.8 Å². The summed E-state index contributed by atoms with van der Waals surface area (Å²) in [6.07, 6.45) is 5.29. The van der Waals surface area contributed by atoms with Gasteiger partial charge in [-0.3, -0.25) is 14.9 Å². The molecule has 1 saturated carbocycles. The van der Waals surface area contributed by atoms with Gasteiger partial charge in [-0.2, -0.15) is 5.10 Å². The van der Waals surface area contributed by atoms with Crippen LogP contribution in [0.3, 0.4) is 0 Å². The predicted octanol–water partition coefficient (Wildman–Crippen LogP) is 5.41. The average molecular weight is 555 g/mol. The van der Waals surface area contributed by atoms with Gasteiger partial charge in [-0.05, 0) is 65.4 Å². The second-order valence-corrected chi connectivity index (χ2v) is 11.1. The molecule has 0 bridgehead atoms. The van der Waals surface area contributed by atoms with Crippen LogP contribution < -0.4 is 11.3 Å². The molecule has 0 radical (unpaired) electrons. The van der Waals surface area contributed by atoms with Crippen molar-refractivity contribution in [3.8, 4) is 16.8 Å². The van der Waals surface area contributed by atoms with Gasteiger partial charge in [0.15, 0.2) is 11.0 Å². The first-order valence-corrected chi connectivity index (χ1v) is 13.3. The summed E-state index contributed by atoms with van der Waals surface area (Å²) < 4.78 is 3.53. The Labute approximate surface area is 231 Å². The van der Waals surface area contributed by atoms with Crippen LogP contribution in [0.1, 0.15) is 36.1 Å². The molecule has 8 rings (SSSR count). The molecule has 0 saturated heterocycles. The number of aromatic amines is 1. The van der Waals surface area contributed by atoms with E-state index in [2.05, 4.69) is 32.6 Å². The molecule has 3 aromatic heterocycles. The van der Waals surface area contributed by atoms with Gasteiger partial charge in [0, 0.05) is 52.0 Å². The Kier molecular flexibility index (Phi) is 4.75. The number of anilines is 1. The summed E-state index contributed by atoms with van der Waals surface area (Å²) in [6, 6.07) is 15.3. The number of hydrogen-bond acceptors (Lipinski definition) is 6. The third-order valence-corrected chi connectivity index (χ3v) is 8.45. The number of nitrogen functional groups attached to an aromatic ring is 1. The SMILES string of the molecule is Nc1n[nH]c2cc(C3=CN=C([C@@H]4[C@H]5C[C@H]5c5cc(-c6cc(Cl)ccc6-n6cc(Cl)nn6)cc(=O)n54)C3)ccc12. The Hall–Kier alpha value is -4.21. The molecule has 9 nitrogen and oxygen atoms in total. The molecule has 0 spiro atoms. The highest BCUT2D eigenvalue weighted by atomic mass is 35.5. The van der Waals surface area contributed by atoms with Crippen molar-refractivity contribution in [1.82, 2.24) is 29.8 Å². The van der Waals surface area contributed by atoms with E-state index < -0.39 is 0 Å². The highest BCUT2D eigenvalue weighted by molar-refractivity contribution is 6.31. The number of halogens is 2. The highest BCUT2D eigenvalue weighted by Crippen LogP contribution is 2.60. The highest BCUT2D eigenvalue weighted by Gasteiger charge is 2.54. The van der Waals surface area contributed by atoms with Gasteiger partial charge in [0.1, 0.15) is 0 Å². The lowest BCUT2D eigenvalue weighted by Crippen LogP contribution is -2.29. The van der Waals surface area contributed by atoms with Crippen LogP contribution in [-0.4, -0.2) is 35.5 Å². The second-order valence-electron chi connectivity index (χ2n) is 10.3. The van der Waals surface area contributed by atoms with Gasteiger partial charge in [0.05, 0.1) is 23.4 Å². The summed E-state index contributed by atoms with van der Waals surface area (Å²) in [5, 5.41) is 16.8. The number of nitrogens with two attached hydrogens (primary N) is 1. The van der Waals surface area contributed by atoms with Crippen molar-refractivity contribution in [2.24, 2.45) is 10.9 Å². The molecule has 3 aliphatic rings. The number of hydrogen-bond donors (Lipinski definition) is 2. The van der Waals surface area contributed by atoms with Gasteiger partial charge >= 0.3 is 0 Å². The van der Waals surface area contributed by atoms with Crippen molar-refractivity contribution in [3.63, 3.8) is 0 Å². The van der Waals surface area contributed by atoms with Crippen LogP contribution in [-0.2, 0) is 0 Å². The van der Waals surface area contributed by atoms with E-state index in [1.807, 2.05) is 35.0 Å². The third-order valence-electron chi connectivity index (χ3n) is 8.05. The van der Waals surface area contributed by atoms with Gasteiger partial charge in [0.2, 0.25) is 0 Å². The quantitative estimate of drug-likeness (QED) is 0.308. The zero-order valence-corrected chi connectivity index (χ0v) is 21.9. The molecule has 2 aromatic carbocycles. The minimum absolute atomic E-state index is 0.0419. The number of nitrogens with one attached hydrogen (secondary N) is 1. The Balaban J connectivity index is 1.14. The van der Waals surface area contributed by atoms with Crippen molar-refractivity contribution in [2.75, 3.05) is 5.73 Å². The normalized spacial score (nSPS) is 21.1. The van der Waals surface area contributed by atoms with Crippen LogP contribution in [0.25, 0.3) is 33.3 Å². The molecule has 11 heteroatoms. The second kappa shape index (κ2) is 8.14. The summed E-state index contributed by atoms with van der Waals surface area (Å²) in [5.74, 6) is 1.20. The Bertz CT molecular complexity index is 1970. The molecule has 39 heavy (non-hydrogen) atoms. The van der Waals surface area contributed by atoms with Crippen LogP contribution in [0, 0.1) is 5.92 Å². The maximum Gasteiger partial charge on any atom is 0.251 e. The molecular formula is C28H20Cl2N8O. The summed E-state index contributed by atoms with van der Waals surface area (Å²) in [4.78, 5) is 18.5. The van der Waals surface area contributed by atoms with E-state index in [-0.39, 0.29) is 16.8 Å². The molecule has 192 valence electrons. The van der Waals surface area contributed by atoms with Crippen LogP contribution in [0.5, 0.6) is 0 Å². The zero-order valence-electron chi connectivity index (χ0n) is 20.3. The summed E-state index contributed by atoms with van der Waals surface area (Å²) in [6.45, 7) is 0. The van der Waals surface area contributed by atoms with Crippen LogP contribution in [0.2, 0.25) is 10.2 Å². The molecule has 1 aliphatic carbocycles. The van der Waals surface area contributed by atoms with Gasteiger partial charge < -0.3 is 10.3 Å². The lowest BCUT2D eigenvalue weighted by atomic mass is 9.97. The first-order valence-electron chi connectivity index (χ1n) is 12.6. The van der Waals surface area contributed by atoms with Crippen molar-refractivity contribution >= 4 is 51.2 Å². The molecule has 0 unspecified atom stereocenters. The van der Waals surface area contributed by atoms with E-state index in [1.165, 1.54) is 0 Å². The lowest BCUT2D eigenvalue weighted by Gasteiger charge is -2.20. The number of fused-ring (bicyclic) bond motifs is 4. The lowest BCUT2D eigenvalue weighted by molar-refractivity contribution is 0.584. The molecule has 3 atom stereocenters. The van der Waals surface area contributed by atoms with Gasteiger partial charge in [-0.15, -0.1) is 5.10 Å². The van der Waals surface area contributed by atoms with Crippen molar-refractivity contribution in [1.29, 1.82) is 0 Å². The maximum absolute atomic E-state index is 13.7. The molecule has 0 amide bonds. The molecular weight excluding hydrogens is 535 g/mol. The standard InChI is InChI=1S/C28H20Cl2N8O/c29-16-2-4-23(37-12-25(30)34-36-37)18(9-16)14-7-24-19-10-20(19)27(38(24)26(39)8-14)22-6-15(11-32-22)13-1-3-17-21(5-13)33-35-28(17)31/h1-5,7-9,11-12,19-20,27H,6,10H2,(H3,31,33,35)/t19-,20+,27+/m1/s1. The summed E-state index contributed by atoms with van der Waals surface area (Å²) in [5.41, 5.74) is 13.4. The summed E-state index contributed by atoms with van der Waals surface area (Å²) >= 11 is 12.4. The molecule has 3 N–H and O–H groups in total. The number of aliphatic imine (C=N–C) groups is 1. The van der Waals surface area contributed by atoms with Gasteiger partial charge in [0.25, 0.3) is 5.56 Å². The summed E-state index contributed by atoms with van der Waals surface area (Å²) in [7, 11) is 0. The third kappa shape index (κ3) is 3.50. The first-order chi connectivity index (χ1) is 18.9. The van der Waals surface area contributed by atoms with Crippen molar-refractivity contribution < 1.29 is 0 Å². The fraction of sp³-hybridized carbons (Fsp3) is 0.179. The number of H-pyrrole nitrogens is 1. The van der Waals surface area contributed by atoms with Gasteiger partial charge in [-0.25, -0.2) is 4.68 Å². The topological polar surface area (TPSA) is 120 Å². The largest absolute Gasteiger partial charge is 0.382 e. The molecule has 1 fully saturated rings. The average Bonchev–Trinajstić information content (AvgIpc) is 3.28. The van der Waals surface area contributed by atoms with Crippen molar-refractivity contribution in [3.05, 3.63) is 92.7 Å². The molecule has 5 heterocycles. The monoisotopic (exact) mass is 554 g/mol. The minimum Gasteiger partial charge on any atom is -0.382 e. The Morgan fingerprint density at radius 1 is 1.05 bits per heavy atom. The Morgan fingerprint density at radius 2 is 1.95 bits per heavy atom. The number of benzene rings is 2. The predicted molar refractivity (Wildman–Crippen MR) is 151 cm³/mol. The molecule has 5 aromatic rings. The van der Waals surface area contributed by atoms with Crippen LogP contribution in [0.15, 0.2) is 70.7 Å². The number of allylic oxidation sites excluding steroid dienone is 1. The smallest absolute Gasteiger partial charge is 0.251 e. The number of pyridine rings is 1. The fourth-order valence-corrected chi connectivity index (χ4v) is 6.47.